The first-order valence-electron chi connectivity index (χ1n) is 5.39. The zero-order chi connectivity index (χ0) is 11.7. The lowest BCUT2D eigenvalue weighted by Gasteiger charge is -2.23. The Morgan fingerprint density at radius 3 is 2.88 bits per heavy atom. The van der Waals surface area contributed by atoms with E-state index in [1.165, 1.54) is 0 Å². The minimum Gasteiger partial charge on any atom is -0.493 e. The van der Waals surface area contributed by atoms with E-state index >= 15 is 0 Å². The molecule has 1 heterocycles. The Hall–Kier alpha value is -1.16. The molecule has 0 aromatic heterocycles. The molecule has 0 spiro atoms. The van der Waals surface area contributed by atoms with E-state index in [1.54, 1.807) is 6.92 Å². The maximum absolute atomic E-state index is 13.6. The van der Waals surface area contributed by atoms with E-state index in [1.807, 2.05) is 0 Å². The average molecular weight is 228 g/mol. The Bertz CT molecular complexity index is 404. The van der Waals surface area contributed by atoms with E-state index in [0.29, 0.717) is 29.9 Å². The second kappa shape index (κ2) is 4.37. The van der Waals surface area contributed by atoms with Gasteiger partial charge in [0.2, 0.25) is 0 Å². The summed E-state index contributed by atoms with van der Waals surface area (Å²) in [4.78, 5) is 0. The van der Waals surface area contributed by atoms with Gasteiger partial charge in [0.25, 0.3) is 0 Å². The second-order valence-electron chi connectivity index (χ2n) is 4.10. The molecule has 0 saturated heterocycles. The van der Waals surface area contributed by atoms with Crippen LogP contribution >= 0.6 is 0 Å². The summed E-state index contributed by atoms with van der Waals surface area (Å²) in [6.07, 6.45) is 1.30. The number of halogens is 2. The fourth-order valence-corrected chi connectivity index (χ4v) is 2.03. The van der Waals surface area contributed by atoms with Crippen molar-refractivity contribution in [2.45, 2.75) is 25.7 Å². The lowest BCUT2D eigenvalue weighted by Crippen LogP contribution is -2.16. The smallest absolute Gasteiger partial charge is 0.133 e. The third kappa shape index (κ3) is 1.78. The molecule has 0 amide bonds. The highest BCUT2D eigenvalue weighted by Gasteiger charge is 2.25. The highest BCUT2D eigenvalue weighted by molar-refractivity contribution is 5.46. The Morgan fingerprint density at radius 2 is 2.19 bits per heavy atom. The summed E-state index contributed by atoms with van der Waals surface area (Å²) in [7, 11) is 0. The predicted octanol–water partition coefficient (Wildman–Crippen LogP) is 2.39. The Balaban J connectivity index is 2.58. The normalized spacial score (nSPS) is 16.5. The highest BCUT2D eigenvalue weighted by atomic mass is 19.1. The van der Waals surface area contributed by atoms with Crippen LogP contribution in [0.15, 0.2) is 6.07 Å². The standard InChI is InChI=1S/C12H14F2O2/c1-7(6-15)11-10(14)5-9(13)8-3-2-4-16-12(8)11/h5,7,15H,2-4,6H2,1H3. The number of aliphatic hydroxyl groups excluding tert-OH is 1. The van der Waals surface area contributed by atoms with E-state index in [4.69, 9.17) is 9.84 Å². The van der Waals surface area contributed by atoms with Gasteiger partial charge in [0, 0.05) is 29.7 Å². The maximum atomic E-state index is 13.6. The number of benzene rings is 1. The van der Waals surface area contributed by atoms with Crippen molar-refractivity contribution in [1.29, 1.82) is 0 Å². The highest BCUT2D eigenvalue weighted by Crippen LogP contribution is 2.37. The zero-order valence-electron chi connectivity index (χ0n) is 9.09. The Morgan fingerprint density at radius 1 is 1.44 bits per heavy atom. The Kier molecular flexibility index (Phi) is 3.10. The molecule has 2 rings (SSSR count). The molecule has 2 nitrogen and oxygen atoms in total. The number of hydrogen-bond acceptors (Lipinski definition) is 2. The van der Waals surface area contributed by atoms with Crippen LogP contribution in [0.25, 0.3) is 0 Å². The number of fused-ring (bicyclic) bond motifs is 1. The van der Waals surface area contributed by atoms with Gasteiger partial charge in [-0.05, 0) is 12.8 Å². The number of hydrogen-bond donors (Lipinski definition) is 1. The molecule has 0 radical (unpaired) electrons. The molecule has 1 unspecified atom stereocenters. The van der Waals surface area contributed by atoms with Crippen LogP contribution in [0.3, 0.4) is 0 Å². The molecule has 1 aromatic rings. The third-order valence-electron chi connectivity index (χ3n) is 2.90. The molecule has 88 valence electrons. The van der Waals surface area contributed by atoms with Crippen LogP contribution in [0.4, 0.5) is 8.78 Å². The minimum atomic E-state index is -0.639. The van der Waals surface area contributed by atoms with Gasteiger partial charge in [-0.25, -0.2) is 8.78 Å². The van der Waals surface area contributed by atoms with E-state index in [0.717, 1.165) is 12.5 Å². The minimum absolute atomic E-state index is 0.182. The summed E-state index contributed by atoms with van der Waals surface area (Å²) in [5.41, 5.74) is 0.724. The lowest BCUT2D eigenvalue weighted by molar-refractivity contribution is 0.250. The predicted molar refractivity (Wildman–Crippen MR) is 55.7 cm³/mol. The number of rotatable bonds is 2. The fraction of sp³-hybridized carbons (Fsp3) is 0.500. The fourth-order valence-electron chi connectivity index (χ4n) is 2.03. The molecule has 1 N–H and O–H groups in total. The van der Waals surface area contributed by atoms with Crippen LogP contribution in [-0.2, 0) is 6.42 Å². The molecular weight excluding hydrogens is 214 g/mol. The summed E-state index contributed by atoms with van der Waals surface area (Å²) in [5.74, 6) is -1.28. The van der Waals surface area contributed by atoms with E-state index in [2.05, 4.69) is 0 Å². The molecule has 0 fully saturated rings. The lowest BCUT2D eigenvalue weighted by atomic mass is 9.94. The zero-order valence-corrected chi connectivity index (χ0v) is 9.09. The summed E-state index contributed by atoms with van der Waals surface area (Å²) in [5, 5.41) is 9.07. The van der Waals surface area contributed by atoms with Gasteiger partial charge in [-0.3, -0.25) is 0 Å². The van der Waals surface area contributed by atoms with E-state index in [9.17, 15) is 8.78 Å². The van der Waals surface area contributed by atoms with Crippen molar-refractivity contribution < 1.29 is 18.6 Å². The third-order valence-corrected chi connectivity index (χ3v) is 2.90. The van der Waals surface area contributed by atoms with Crippen LogP contribution in [0.5, 0.6) is 5.75 Å². The SMILES string of the molecule is CC(CO)c1c(F)cc(F)c2c1OCCC2. The topological polar surface area (TPSA) is 29.5 Å². The monoisotopic (exact) mass is 228 g/mol. The first kappa shape index (κ1) is 11.3. The summed E-state index contributed by atoms with van der Waals surface area (Å²) in [6.45, 7) is 1.98. The second-order valence-corrected chi connectivity index (χ2v) is 4.10. The molecule has 1 aliphatic rings. The molecule has 1 atom stereocenters. The van der Waals surface area contributed by atoms with Gasteiger partial charge in [-0.2, -0.15) is 0 Å². The molecule has 0 saturated carbocycles. The van der Waals surface area contributed by atoms with Gasteiger partial charge in [-0.15, -0.1) is 0 Å². The first-order valence-corrected chi connectivity index (χ1v) is 5.39. The van der Waals surface area contributed by atoms with Crippen LogP contribution in [-0.4, -0.2) is 18.3 Å². The maximum Gasteiger partial charge on any atom is 0.133 e. The van der Waals surface area contributed by atoms with Crippen LogP contribution in [0.1, 0.15) is 30.4 Å². The molecule has 0 aliphatic carbocycles. The van der Waals surface area contributed by atoms with Crippen molar-refractivity contribution in [2.24, 2.45) is 0 Å². The largest absolute Gasteiger partial charge is 0.493 e. The van der Waals surface area contributed by atoms with Gasteiger partial charge in [-0.1, -0.05) is 6.92 Å². The first-order chi connectivity index (χ1) is 7.65. The summed E-state index contributed by atoms with van der Waals surface area (Å²) < 4.78 is 32.5. The van der Waals surface area contributed by atoms with E-state index < -0.39 is 11.6 Å². The number of ether oxygens (including phenoxy) is 1. The van der Waals surface area contributed by atoms with Gasteiger partial charge < -0.3 is 9.84 Å². The van der Waals surface area contributed by atoms with Crippen molar-refractivity contribution in [3.05, 3.63) is 28.8 Å². The van der Waals surface area contributed by atoms with Crippen molar-refractivity contribution >= 4 is 0 Å². The molecular formula is C12H14F2O2. The van der Waals surface area contributed by atoms with E-state index in [-0.39, 0.29) is 12.5 Å². The van der Waals surface area contributed by atoms with Crippen molar-refractivity contribution in [3.8, 4) is 5.75 Å². The Labute approximate surface area is 92.9 Å². The summed E-state index contributed by atoms with van der Waals surface area (Å²) >= 11 is 0. The van der Waals surface area contributed by atoms with Crippen LogP contribution in [0, 0.1) is 11.6 Å². The number of aliphatic hydroxyl groups is 1. The molecule has 4 heteroatoms. The van der Waals surface area contributed by atoms with Gasteiger partial charge in [0.15, 0.2) is 0 Å². The van der Waals surface area contributed by atoms with Crippen LogP contribution in [0.2, 0.25) is 0 Å². The average Bonchev–Trinajstić information content (AvgIpc) is 2.28. The van der Waals surface area contributed by atoms with Crippen molar-refractivity contribution in [3.63, 3.8) is 0 Å². The summed E-state index contributed by atoms with van der Waals surface area (Å²) in [6, 6.07) is 0.884. The van der Waals surface area contributed by atoms with Gasteiger partial charge in [0.05, 0.1) is 6.61 Å². The van der Waals surface area contributed by atoms with Crippen molar-refractivity contribution in [2.75, 3.05) is 13.2 Å². The molecule has 1 aliphatic heterocycles. The molecule has 1 aromatic carbocycles. The van der Waals surface area contributed by atoms with Gasteiger partial charge >= 0.3 is 0 Å². The van der Waals surface area contributed by atoms with Crippen LogP contribution < -0.4 is 4.74 Å². The quantitative estimate of drug-likeness (QED) is 0.842. The molecule has 16 heavy (non-hydrogen) atoms. The molecule has 0 bridgehead atoms. The van der Waals surface area contributed by atoms with Gasteiger partial charge in [0.1, 0.15) is 17.4 Å². The van der Waals surface area contributed by atoms with Crippen molar-refractivity contribution in [1.82, 2.24) is 0 Å².